The van der Waals surface area contributed by atoms with E-state index in [1.54, 1.807) is 12.1 Å². The lowest BCUT2D eigenvalue weighted by atomic mass is 9.91. The fourth-order valence-corrected chi connectivity index (χ4v) is 3.60. The van der Waals surface area contributed by atoms with Gasteiger partial charge in [-0.2, -0.15) is 0 Å². The molecule has 2 aromatic rings. The first kappa shape index (κ1) is 17.6. The maximum Gasteiger partial charge on any atom is 0.270 e. The molecule has 134 valence electrons. The second-order valence-electron chi connectivity index (χ2n) is 6.80. The highest BCUT2D eigenvalue weighted by molar-refractivity contribution is 5.64. The molecule has 0 saturated heterocycles. The lowest BCUT2D eigenvalue weighted by molar-refractivity contribution is -0.384. The molecule has 3 rings (SSSR count). The molecule has 0 aliphatic heterocycles. The highest BCUT2D eigenvalue weighted by Gasteiger charge is 2.27. The fraction of sp³-hybridized carbons (Fsp3) is 0.500. The van der Waals surface area contributed by atoms with Gasteiger partial charge in [0, 0.05) is 29.4 Å². The second-order valence-corrected chi connectivity index (χ2v) is 6.80. The van der Waals surface area contributed by atoms with E-state index in [2.05, 4.69) is 14.9 Å². The summed E-state index contributed by atoms with van der Waals surface area (Å²) in [7, 11) is 2.00. The predicted octanol–water partition coefficient (Wildman–Crippen LogP) is 3.03. The van der Waals surface area contributed by atoms with Crippen LogP contribution >= 0.6 is 0 Å². The van der Waals surface area contributed by atoms with Gasteiger partial charge in [-0.05, 0) is 26.8 Å². The zero-order chi connectivity index (χ0) is 18.0. The summed E-state index contributed by atoms with van der Waals surface area (Å²) in [4.78, 5) is 20.6. The van der Waals surface area contributed by atoms with Crippen molar-refractivity contribution in [2.75, 3.05) is 7.05 Å². The predicted molar refractivity (Wildman–Crippen MR) is 95.1 cm³/mol. The van der Waals surface area contributed by atoms with Gasteiger partial charge in [0.1, 0.15) is 5.82 Å². The van der Waals surface area contributed by atoms with E-state index in [1.807, 2.05) is 20.0 Å². The van der Waals surface area contributed by atoms with Crippen molar-refractivity contribution >= 4 is 5.69 Å². The molecule has 0 bridgehead atoms. The molecule has 0 amide bonds. The monoisotopic (exact) mass is 344 g/mol. The molecule has 1 saturated carbocycles. The van der Waals surface area contributed by atoms with E-state index in [0.717, 1.165) is 48.5 Å². The van der Waals surface area contributed by atoms with Crippen LogP contribution in [0, 0.1) is 17.0 Å². The molecular weight excluding hydrogens is 320 g/mol. The number of hydrogen-bond acceptors (Lipinski definition) is 5. The van der Waals surface area contributed by atoms with Crippen LogP contribution in [-0.2, 0) is 6.54 Å². The Morgan fingerprint density at radius 1 is 1.40 bits per heavy atom. The largest absolute Gasteiger partial charge is 0.391 e. The van der Waals surface area contributed by atoms with Crippen LogP contribution in [0.25, 0.3) is 11.3 Å². The number of aliphatic hydroxyl groups excluding tert-OH is 1. The number of aromatic nitrogens is 2. The molecule has 0 unspecified atom stereocenters. The topological polar surface area (TPSA) is 95.3 Å². The summed E-state index contributed by atoms with van der Waals surface area (Å²) in [6.07, 6.45) is 3.79. The van der Waals surface area contributed by atoms with Gasteiger partial charge in [0.15, 0.2) is 0 Å². The van der Waals surface area contributed by atoms with E-state index in [9.17, 15) is 15.2 Å². The summed E-state index contributed by atoms with van der Waals surface area (Å²) < 4.78 is 0. The first-order valence-corrected chi connectivity index (χ1v) is 8.64. The Hall–Kier alpha value is -2.25. The molecule has 2 atom stereocenters. The third-order valence-electron chi connectivity index (χ3n) is 4.92. The van der Waals surface area contributed by atoms with E-state index in [-0.39, 0.29) is 17.8 Å². The van der Waals surface area contributed by atoms with Crippen molar-refractivity contribution in [1.29, 1.82) is 0 Å². The van der Waals surface area contributed by atoms with Gasteiger partial charge in [-0.1, -0.05) is 25.0 Å². The zero-order valence-corrected chi connectivity index (χ0v) is 14.6. The van der Waals surface area contributed by atoms with E-state index in [0.29, 0.717) is 6.54 Å². The van der Waals surface area contributed by atoms with Gasteiger partial charge in [-0.3, -0.25) is 15.0 Å². The Morgan fingerprint density at radius 3 is 2.88 bits per heavy atom. The Bertz CT molecular complexity index is 759. The van der Waals surface area contributed by atoms with Gasteiger partial charge in [0.25, 0.3) is 5.69 Å². The molecule has 1 aliphatic rings. The summed E-state index contributed by atoms with van der Waals surface area (Å²) in [5, 5.41) is 21.2. The van der Waals surface area contributed by atoms with E-state index >= 15 is 0 Å². The van der Waals surface area contributed by atoms with Crippen molar-refractivity contribution in [3.63, 3.8) is 0 Å². The number of non-ortho nitro benzene ring substituents is 1. The van der Waals surface area contributed by atoms with Crippen LogP contribution in [0.3, 0.4) is 0 Å². The first-order chi connectivity index (χ1) is 12.0. The molecule has 1 heterocycles. The Kier molecular flexibility index (Phi) is 5.15. The number of likely N-dealkylation sites (N-methyl/N-ethyl adjacent to an activating group) is 1. The minimum absolute atomic E-state index is 0.0592. The van der Waals surface area contributed by atoms with Crippen LogP contribution in [0.4, 0.5) is 5.69 Å². The lowest BCUT2D eigenvalue weighted by Crippen LogP contribution is -2.43. The van der Waals surface area contributed by atoms with Crippen LogP contribution in [-0.4, -0.2) is 44.1 Å². The molecule has 7 heteroatoms. The minimum Gasteiger partial charge on any atom is -0.391 e. The Balaban J connectivity index is 1.78. The van der Waals surface area contributed by atoms with Crippen LogP contribution in [0.15, 0.2) is 24.3 Å². The van der Waals surface area contributed by atoms with Gasteiger partial charge >= 0.3 is 0 Å². The summed E-state index contributed by atoms with van der Waals surface area (Å²) in [5.74, 6) is 0.805. The number of nitrogens with zero attached hydrogens (tertiary/aromatic N) is 3. The number of rotatable bonds is 5. The van der Waals surface area contributed by atoms with Gasteiger partial charge in [0.05, 0.1) is 23.3 Å². The van der Waals surface area contributed by atoms with Crippen molar-refractivity contribution in [2.45, 2.75) is 51.3 Å². The average molecular weight is 344 g/mol. The van der Waals surface area contributed by atoms with Gasteiger partial charge < -0.3 is 10.1 Å². The smallest absolute Gasteiger partial charge is 0.270 e. The summed E-state index contributed by atoms with van der Waals surface area (Å²) >= 11 is 0. The van der Waals surface area contributed by atoms with Crippen molar-refractivity contribution < 1.29 is 10.0 Å². The second kappa shape index (κ2) is 7.33. The summed E-state index contributed by atoms with van der Waals surface area (Å²) in [5.41, 5.74) is 2.41. The Morgan fingerprint density at radius 2 is 2.16 bits per heavy atom. The molecule has 1 aromatic heterocycles. The highest BCUT2D eigenvalue weighted by Crippen LogP contribution is 2.27. The van der Waals surface area contributed by atoms with Gasteiger partial charge in [-0.25, -0.2) is 4.98 Å². The number of aromatic amines is 1. The van der Waals surface area contributed by atoms with Crippen LogP contribution < -0.4 is 0 Å². The van der Waals surface area contributed by atoms with Gasteiger partial charge in [-0.15, -0.1) is 0 Å². The third-order valence-corrected chi connectivity index (χ3v) is 4.92. The van der Waals surface area contributed by atoms with E-state index in [1.165, 1.54) is 6.07 Å². The summed E-state index contributed by atoms with van der Waals surface area (Å²) in [6.45, 7) is 2.53. The zero-order valence-electron chi connectivity index (χ0n) is 14.6. The van der Waals surface area contributed by atoms with Crippen molar-refractivity contribution in [1.82, 2.24) is 14.9 Å². The molecule has 1 aliphatic carbocycles. The van der Waals surface area contributed by atoms with E-state index in [4.69, 9.17) is 0 Å². The maximum absolute atomic E-state index is 11.0. The van der Waals surface area contributed by atoms with Gasteiger partial charge in [0.2, 0.25) is 0 Å². The molecular formula is C18H24N4O3. The summed E-state index contributed by atoms with van der Waals surface area (Å²) in [6, 6.07) is 6.67. The number of imidazole rings is 1. The molecule has 0 spiro atoms. The number of hydrogen-bond donors (Lipinski definition) is 2. The van der Waals surface area contributed by atoms with Crippen molar-refractivity contribution in [3.05, 3.63) is 45.9 Å². The number of H-pyrrole nitrogens is 1. The van der Waals surface area contributed by atoms with Crippen LogP contribution in [0.2, 0.25) is 0 Å². The Labute approximate surface area is 146 Å². The quantitative estimate of drug-likeness (QED) is 0.642. The molecule has 1 fully saturated rings. The number of nitro groups is 1. The number of aliphatic hydroxyl groups is 1. The highest BCUT2D eigenvalue weighted by atomic mass is 16.6. The number of benzene rings is 1. The minimum atomic E-state index is -0.398. The first-order valence-electron chi connectivity index (χ1n) is 8.64. The SMILES string of the molecule is Cc1[nH]c(CN(C)[C@@H]2CCCC[C@@H]2O)nc1-c1cccc([N+](=O)[O-])c1. The number of nitrogens with one attached hydrogen (secondary N) is 1. The maximum atomic E-state index is 11.0. The third kappa shape index (κ3) is 3.88. The van der Waals surface area contributed by atoms with Crippen LogP contribution in [0.5, 0.6) is 0 Å². The average Bonchev–Trinajstić information content (AvgIpc) is 2.95. The van der Waals surface area contributed by atoms with E-state index < -0.39 is 4.92 Å². The molecule has 0 radical (unpaired) electrons. The van der Waals surface area contributed by atoms with Crippen molar-refractivity contribution in [3.8, 4) is 11.3 Å². The number of aryl methyl sites for hydroxylation is 1. The van der Waals surface area contributed by atoms with Crippen molar-refractivity contribution in [2.24, 2.45) is 0 Å². The molecule has 1 aromatic carbocycles. The normalized spacial score (nSPS) is 20.8. The molecule has 2 N–H and O–H groups in total. The van der Waals surface area contributed by atoms with Crippen LogP contribution in [0.1, 0.15) is 37.2 Å². The molecule has 25 heavy (non-hydrogen) atoms. The fourth-order valence-electron chi connectivity index (χ4n) is 3.60. The number of nitro benzene ring substituents is 1. The standard InChI is InChI=1S/C18H24N4O3/c1-12-18(13-6-5-7-14(10-13)22(24)25)20-17(19-12)11-21(2)15-8-3-4-9-16(15)23/h5-7,10,15-16,23H,3-4,8-9,11H2,1-2H3,(H,19,20)/t15-,16+/m1/s1. The lowest BCUT2D eigenvalue weighted by Gasteiger charge is -2.34. The molecule has 7 nitrogen and oxygen atoms in total.